The number of ketones is 1. The molecule has 1 aromatic rings. The lowest BCUT2D eigenvalue weighted by molar-refractivity contribution is -0.144. The Morgan fingerprint density at radius 1 is 1.09 bits per heavy atom. The van der Waals surface area contributed by atoms with Crippen LogP contribution in [0, 0.1) is 29.1 Å². The van der Waals surface area contributed by atoms with Crippen molar-refractivity contribution >= 4 is 29.6 Å². The zero-order chi connectivity index (χ0) is 30.9. The highest BCUT2D eigenvalue weighted by Gasteiger charge is 2.69. The predicted molar refractivity (Wildman–Crippen MR) is 160 cm³/mol. The van der Waals surface area contributed by atoms with Gasteiger partial charge in [-0.2, -0.15) is 0 Å². The van der Waals surface area contributed by atoms with Gasteiger partial charge in [-0.3, -0.25) is 19.2 Å². The summed E-state index contributed by atoms with van der Waals surface area (Å²) < 4.78 is 5.46. The van der Waals surface area contributed by atoms with Gasteiger partial charge in [-0.05, 0) is 72.3 Å². The number of benzene rings is 1. The summed E-state index contributed by atoms with van der Waals surface area (Å²) in [6, 6.07) is 5.34. The van der Waals surface area contributed by atoms with Gasteiger partial charge in [0.25, 0.3) is 5.91 Å². The van der Waals surface area contributed by atoms with E-state index in [-0.39, 0.29) is 35.6 Å². The Hall–Kier alpha value is -3.69. The van der Waals surface area contributed by atoms with Crippen LogP contribution in [0.3, 0.4) is 0 Å². The molecule has 3 aliphatic carbocycles. The number of Topliss-reactive ketones (excluding diaryl/α,β-unsaturated/α-hetero) is 1. The fourth-order valence-corrected chi connectivity index (χ4v) is 7.07. The number of amides is 4. The molecule has 0 spiro atoms. The van der Waals surface area contributed by atoms with E-state index < -0.39 is 41.8 Å². The number of fused-ring (bicyclic) bond motifs is 2. The first-order valence-corrected chi connectivity index (χ1v) is 15.6. The van der Waals surface area contributed by atoms with Crippen molar-refractivity contribution in [2.75, 3.05) is 19.7 Å². The molecule has 232 valence electrons. The number of piperidine rings is 1. The van der Waals surface area contributed by atoms with Gasteiger partial charge in [-0.15, -0.1) is 6.58 Å². The van der Waals surface area contributed by atoms with Crippen LogP contribution in [0.4, 0.5) is 4.79 Å². The van der Waals surface area contributed by atoms with E-state index >= 15 is 0 Å². The average Bonchev–Trinajstić information content (AvgIpc) is 3.76. The van der Waals surface area contributed by atoms with Gasteiger partial charge >= 0.3 is 6.09 Å². The maximum absolute atomic E-state index is 14.4. The van der Waals surface area contributed by atoms with Crippen LogP contribution in [0.15, 0.2) is 36.9 Å². The summed E-state index contributed by atoms with van der Waals surface area (Å²) >= 11 is 0. The third kappa shape index (κ3) is 6.48. The standard InChI is InChI=1S/C33H44N4O6/c1-5-9-24(28(38)30(40)34-14-6-2)35-29(39)27-25-23(33(25,3)4)17-37(27)31(41)26(36-32(42)43-18-19-12-13-19)22-15-20-10-7-8-11-21(20)16-22/h6-8,10-11,19,22-27H,2,5,9,12-18H2,1,3-4H3,(H,34,40)(H,35,39)(H,36,42)/t23?,24?,25?,26-,27-/m0/s1. The van der Waals surface area contributed by atoms with Gasteiger partial charge in [-0.25, -0.2) is 4.79 Å². The fourth-order valence-electron chi connectivity index (χ4n) is 7.07. The number of hydrogen-bond donors (Lipinski definition) is 3. The Bertz CT molecular complexity index is 1260. The third-order valence-electron chi connectivity index (χ3n) is 9.84. The van der Waals surface area contributed by atoms with E-state index in [1.54, 1.807) is 4.90 Å². The Morgan fingerprint density at radius 3 is 2.37 bits per heavy atom. The molecule has 1 saturated heterocycles. The predicted octanol–water partition coefficient (Wildman–Crippen LogP) is 2.55. The number of carbonyl (C=O) groups is 5. The Morgan fingerprint density at radius 2 is 1.77 bits per heavy atom. The van der Waals surface area contributed by atoms with Gasteiger partial charge in [0.1, 0.15) is 12.1 Å². The van der Waals surface area contributed by atoms with Gasteiger partial charge in [0.2, 0.25) is 17.6 Å². The molecule has 4 aliphatic rings. The molecule has 43 heavy (non-hydrogen) atoms. The number of ether oxygens (including phenoxy) is 1. The number of likely N-dealkylation sites (tertiary alicyclic amines) is 1. The van der Waals surface area contributed by atoms with Gasteiger partial charge in [-0.1, -0.05) is 57.5 Å². The summed E-state index contributed by atoms with van der Waals surface area (Å²) in [5.74, 6) is -2.04. The normalized spacial score (nSPS) is 24.6. The van der Waals surface area contributed by atoms with Gasteiger partial charge in [0.05, 0.1) is 12.6 Å². The first-order valence-electron chi connectivity index (χ1n) is 15.6. The highest BCUT2D eigenvalue weighted by Crippen LogP contribution is 2.65. The van der Waals surface area contributed by atoms with Crippen molar-refractivity contribution in [2.45, 2.75) is 77.4 Å². The van der Waals surface area contributed by atoms with Crippen LogP contribution in [0.2, 0.25) is 0 Å². The lowest BCUT2D eigenvalue weighted by atomic mass is 9.93. The fraction of sp³-hybridized carbons (Fsp3) is 0.606. The van der Waals surface area contributed by atoms with E-state index in [2.05, 4.69) is 36.4 Å². The van der Waals surface area contributed by atoms with Crippen LogP contribution in [0.1, 0.15) is 57.6 Å². The molecule has 3 fully saturated rings. The first kappa shape index (κ1) is 30.8. The highest BCUT2D eigenvalue weighted by molar-refractivity contribution is 6.38. The van der Waals surface area contributed by atoms with E-state index in [0.29, 0.717) is 44.8 Å². The molecular formula is C33H44N4O6. The minimum Gasteiger partial charge on any atom is -0.449 e. The molecule has 5 rings (SSSR count). The van der Waals surface area contributed by atoms with Gasteiger partial charge in [0, 0.05) is 13.1 Å². The first-order chi connectivity index (χ1) is 20.6. The summed E-state index contributed by atoms with van der Waals surface area (Å²) in [5.41, 5.74) is 2.14. The van der Waals surface area contributed by atoms with E-state index in [1.165, 1.54) is 6.08 Å². The van der Waals surface area contributed by atoms with Crippen LogP contribution in [-0.2, 0) is 36.8 Å². The molecule has 4 amide bonds. The lowest BCUT2D eigenvalue weighted by Crippen LogP contribution is -2.59. The van der Waals surface area contributed by atoms with E-state index in [4.69, 9.17) is 4.74 Å². The Kier molecular flexibility index (Phi) is 8.94. The average molecular weight is 593 g/mol. The number of alkyl carbamates (subject to hydrolysis) is 1. The minimum atomic E-state index is -1.00. The quantitative estimate of drug-likeness (QED) is 0.238. The van der Waals surface area contributed by atoms with Crippen LogP contribution < -0.4 is 16.0 Å². The molecule has 3 unspecified atom stereocenters. The smallest absolute Gasteiger partial charge is 0.407 e. The molecule has 1 heterocycles. The molecule has 2 saturated carbocycles. The second-order valence-electron chi connectivity index (χ2n) is 13.2. The zero-order valence-electron chi connectivity index (χ0n) is 25.4. The van der Waals surface area contributed by atoms with Crippen molar-refractivity contribution in [3.05, 3.63) is 48.0 Å². The van der Waals surface area contributed by atoms with Crippen molar-refractivity contribution in [3.8, 4) is 0 Å². The van der Waals surface area contributed by atoms with E-state index in [9.17, 15) is 24.0 Å². The van der Waals surface area contributed by atoms with Crippen molar-refractivity contribution in [1.29, 1.82) is 0 Å². The molecule has 5 atom stereocenters. The molecule has 0 bridgehead atoms. The number of nitrogens with zero attached hydrogens (tertiary/aromatic N) is 1. The van der Waals surface area contributed by atoms with Crippen LogP contribution in [0.5, 0.6) is 0 Å². The summed E-state index contributed by atoms with van der Waals surface area (Å²) in [6.07, 6.45) is 5.06. The molecule has 10 heteroatoms. The second-order valence-corrected chi connectivity index (χ2v) is 13.2. The highest BCUT2D eigenvalue weighted by atomic mass is 16.5. The molecule has 0 radical (unpaired) electrons. The zero-order valence-corrected chi connectivity index (χ0v) is 25.4. The number of nitrogens with one attached hydrogen (secondary N) is 3. The summed E-state index contributed by atoms with van der Waals surface area (Å²) in [4.78, 5) is 68.1. The Labute approximate surface area is 253 Å². The number of carbonyl (C=O) groups excluding carboxylic acids is 5. The monoisotopic (exact) mass is 592 g/mol. The van der Waals surface area contributed by atoms with Gasteiger partial charge < -0.3 is 25.6 Å². The van der Waals surface area contributed by atoms with Crippen molar-refractivity contribution in [3.63, 3.8) is 0 Å². The largest absolute Gasteiger partial charge is 0.449 e. The number of hydrogen-bond acceptors (Lipinski definition) is 6. The molecular weight excluding hydrogens is 548 g/mol. The molecule has 1 aliphatic heterocycles. The second kappa shape index (κ2) is 12.5. The molecule has 0 aromatic heterocycles. The van der Waals surface area contributed by atoms with Crippen molar-refractivity contribution in [1.82, 2.24) is 20.9 Å². The molecule has 1 aromatic carbocycles. The summed E-state index contributed by atoms with van der Waals surface area (Å²) in [7, 11) is 0. The summed E-state index contributed by atoms with van der Waals surface area (Å²) in [5, 5.41) is 8.19. The van der Waals surface area contributed by atoms with Crippen LogP contribution >= 0.6 is 0 Å². The lowest BCUT2D eigenvalue weighted by Gasteiger charge is -2.35. The van der Waals surface area contributed by atoms with E-state index in [1.807, 2.05) is 31.2 Å². The molecule has 10 nitrogen and oxygen atoms in total. The molecule has 3 N–H and O–H groups in total. The van der Waals surface area contributed by atoms with E-state index in [0.717, 1.165) is 24.0 Å². The Balaban J connectivity index is 1.35. The van der Waals surface area contributed by atoms with Crippen LogP contribution in [-0.4, -0.2) is 72.3 Å². The van der Waals surface area contributed by atoms with Crippen molar-refractivity contribution < 1.29 is 28.7 Å². The maximum atomic E-state index is 14.4. The third-order valence-corrected chi connectivity index (χ3v) is 9.84. The minimum absolute atomic E-state index is 0.0911. The van der Waals surface area contributed by atoms with Gasteiger partial charge in [0.15, 0.2) is 0 Å². The topological polar surface area (TPSA) is 134 Å². The maximum Gasteiger partial charge on any atom is 0.407 e. The van der Waals surface area contributed by atoms with Crippen molar-refractivity contribution in [2.24, 2.45) is 29.1 Å². The van der Waals surface area contributed by atoms with Crippen LogP contribution in [0.25, 0.3) is 0 Å². The number of rotatable bonds is 13. The summed E-state index contributed by atoms with van der Waals surface area (Å²) in [6.45, 7) is 10.4. The SMILES string of the molecule is C=CCNC(=O)C(=O)C(CCC)NC(=O)[C@@H]1C2C(CN1C(=O)[C@@H](NC(=O)OCC1CC1)C1Cc3ccccc3C1)C2(C)C.